The molecule has 0 spiro atoms. The lowest BCUT2D eigenvalue weighted by Crippen LogP contribution is -2.24. The van der Waals surface area contributed by atoms with E-state index in [1.54, 1.807) is 18.2 Å². The smallest absolute Gasteiger partial charge is 0.337 e. The molecule has 0 aliphatic heterocycles. The SMILES string of the molecule is CCOc1ccc2c(C(=O)NCc3nc4ccccc4[nH]3)cc(=O)oc2c1. The molecule has 0 bridgehead atoms. The summed E-state index contributed by atoms with van der Waals surface area (Å²) in [6.45, 7) is 2.57. The van der Waals surface area contributed by atoms with Crippen LogP contribution in [0.2, 0.25) is 0 Å². The van der Waals surface area contributed by atoms with Crippen LogP contribution in [0.15, 0.2) is 57.7 Å². The number of nitrogens with zero attached hydrogens (tertiary/aromatic N) is 1. The van der Waals surface area contributed by atoms with Gasteiger partial charge in [-0.1, -0.05) is 12.1 Å². The largest absolute Gasteiger partial charge is 0.494 e. The summed E-state index contributed by atoms with van der Waals surface area (Å²) in [5.41, 5.74) is 1.69. The number of amides is 1. The molecule has 0 fully saturated rings. The van der Waals surface area contributed by atoms with Gasteiger partial charge in [0.05, 0.1) is 29.7 Å². The lowest BCUT2D eigenvalue weighted by molar-refractivity contribution is 0.0951. The van der Waals surface area contributed by atoms with Gasteiger partial charge in [0.25, 0.3) is 5.91 Å². The number of hydrogen-bond donors (Lipinski definition) is 2. The summed E-state index contributed by atoms with van der Waals surface area (Å²) >= 11 is 0. The van der Waals surface area contributed by atoms with Gasteiger partial charge in [0.1, 0.15) is 17.2 Å². The Hall–Kier alpha value is -3.61. The Morgan fingerprint density at radius 2 is 2.07 bits per heavy atom. The molecule has 0 unspecified atom stereocenters. The number of fused-ring (bicyclic) bond motifs is 2. The van der Waals surface area contributed by atoms with Gasteiger partial charge < -0.3 is 19.5 Å². The van der Waals surface area contributed by atoms with Crippen LogP contribution >= 0.6 is 0 Å². The first-order valence-corrected chi connectivity index (χ1v) is 8.56. The lowest BCUT2D eigenvalue weighted by Gasteiger charge is -2.08. The monoisotopic (exact) mass is 363 g/mol. The second-order valence-corrected chi connectivity index (χ2v) is 5.95. The average Bonchev–Trinajstić information content (AvgIpc) is 3.08. The van der Waals surface area contributed by atoms with E-state index in [1.807, 2.05) is 31.2 Å². The van der Waals surface area contributed by atoms with E-state index in [4.69, 9.17) is 9.15 Å². The molecule has 1 amide bonds. The van der Waals surface area contributed by atoms with Gasteiger partial charge in [-0.15, -0.1) is 0 Å². The van der Waals surface area contributed by atoms with E-state index >= 15 is 0 Å². The molecular weight excluding hydrogens is 346 g/mol. The van der Waals surface area contributed by atoms with E-state index in [2.05, 4.69) is 15.3 Å². The third-order valence-corrected chi connectivity index (χ3v) is 4.13. The number of para-hydroxylation sites is 2. The van der Waals surface area contributed by atoms with E-state index in [0.717, 1.165) is 11.0 Å². The summed E-state index contributed by atoms with van der Waals surface area (Å²) < 4.78 is 10.6. The van der Waals surface area contributed by atoms with Gasteiger partial charge in [-0.25, -0.2) is 9.78 Å². The van der Waals surface area contributed by atoms with Crippen molar-refractivity contribution in [3.63, 3.8) is 0 Å². The summed E-state index contributed by atoms with van der Waals surface area (Å²) in [4.78, 5) is 32.1. The first kappa shape index (κ1) is 16.8. The number of aromatic amines is 1. The van der Waals surface area contributed by atoms with Crippen LogP contribution in [0.25, 0.3) is 22.0 Å². The Morgan fingerprint density at radius 3 is 2.89 bits per heavy atom. The fraction of sp³-hybridized carbons (Fsp3) is 0.150. The minimum Gasteiger partial charge on any atom is -0.494 e. The first-order chi connectivity index (χ1) is 13.1. The molecule has 136 valence electrons. The number of nitrogens with one attached hydrogen (secondary N) is 2. The van der Waals surface area contributed by atoms with Gasteiger partial charge in [-0.05, 0) is 31.2 Å². The molecule has 2 aromatic carbocycles. The Morgan fingerprint density at radius 1 is 1.22 bits per heavy atom. The van der Waals surface area contributed by atoms with Crippen molar-refractivity contribution in [2.24, 2.45) is 0 Å². The quantitative estimate of drug-likeness (QED) is 0.531. The molecule has 0 atom stereocenters. The Kier molecular flexibility index (Phi) is 4.33. The molecule has 7 heteroatoms. The fourth-order valence-corrected chi connectivity index (χ4v) is 2.94. The van der Waals surface area contributed by atoms with E-state index in [9.17, 15) is 9.59 Å². The van der Waals surface area contributed by atoms with Crippen LogP contribution in [0, 0.1) is 0 Å². The highest BCUT2D eigenvalue weighted by atomic mass is 16.5. The highest BCUT2D eigenvalue weighted by Gasteiger charge is 2.14. The van der Waals surface area contributed by atoms with Crippen LogP contribution in [-0.2, 0) is 6.54 Å². The molecule has 0 aliphatic carbocycles. The Balaban J connectivity index is 1.60. The second-order valence-electron chi connectivity index (χ2n) is 5.95. The maximum absolute atomic E-state index is 12.6. The van der Waals surface area contributed by atoms with Crippen molar-refractivity contribution in [1.29, 1.82) is 0 Å². The number of ether oxygens (including phenoxy) is 1. The summed E-state index contributed by atoms with van der Waals surface area (Å²) in [5.74, 6) is 0.834. The van der Waals surface area contributed by atoms with Crippen LogP contribution in [0.5, 0.6) is 5.75 Å². The molecular formula is C20H17N3O4. The van der Waals surface area contributed by atoms with Crippen LogP contribution in [0.4, 0.5) is 0 Å². The lowest BCUT2D eigenvalue weighted by atomic mass is 10.1. The van der Waals surface area contributed by atoms with Gasteiger partial charge in [0, 0.05) is 17.5 Å². The van der Waals surface area contributed by atoms with Crippen LogP contribution in [0.1, 0.15) is 23.1 Å². The molecule has 0 saturated heterocycles. The molecule has 7 nitrogen and oxygen atoms in total. The maximum Gasteiger partial charge on any atom is 0.337 e. The van der Waals surface area contributed by atoms with Crippen LogP contribution in [-0.4, -0.2) is 22.5 Å². The van der Waals surface area contributed by atoms with Crippen molar-refractivity contribution in [1.82, 2.24) is 15.3 Å². The number of benzene rings is 2. The predicted octanol–water partition coefficient (Wildman–Crippen LogP) is 3.00. The molecule has 2 heterocycles. The van der Waals surface area contributed by atoms with Crippen molar-refractivity contribution in [2.75, 3.05) is 6.61 Å². The van der Waals surface area contributed by atoms with Crippen molar-refractivity contribution in [3.8, 4) is 5.75 Å². The van der Waals surface area contributed by atoms with Crippen molar-refractivity contribution < 1.29 is 13.9 Å². The third-order valence-electron chi connectivity index (χ3n) is 4.13. The van der Waals surface area contributed by atoms with E-state index in [-0.39, 0.29) is 18.0 Å². The Labute approximate surface area is 154 Å². The van der Waals surface area contributed by atoms with Crippen LogP contribution < -0.4 is 15.7 Å². The highest BCUT2D eigenvalue weighted by molar-refractivity contribution is 6.05. The van der Waals surface area contributed by atoms with Gasteiger partial charge in [0.15, 0.2) is 0 Å². The third kappa shape index (κ3) is 3.39. The molecule has 0 aliphatic rings. The summed E-state index contributed by atoms with van der Waals surface area (Å²) in [7, 11) is 0. The van der Waals surface area contributed by atoms with Crippen LogP contribution in [0.3, 0.4) is 0 Å². The zero-order chi connectivity index (χ0) is 18.8. The minimum absolute atomic E-state index is 0.215. The number of H-pyrrole nitrogens is 1. The van der Waals surface area contributed by atoms with E-state index in [0.29, 0.717) is 29.2 Å². The summed E-state index contributed by atoms with van der Waals surface area (Å²) in [5, 5.41) is 3.33. The topological polar surface area (TPSA) is 97.2 Å². The number of imidazole rings is 1. The summed E-state index contributed by atoms with van der Waals surface area (Å²) in [6, 6.07) is 13.9. The highest BCUT2D eigenvalue weighted by Crippen LogP contribution is 2.23. The number of carbonyl (C=O) groups excluding carboxylic acids is 1. The fourth-order valence-electron chi connectivity index (χ4n) is 2.94. The van der Waals surface area contributed by atoms with Crippen molar-refractivity contribution in [3.05, 3.63) is 70.3 Å². The van der Waals surface area contributed by atoms with Gasteiger partial charge >= 0.3 is 5.63 Å². The zero-order valence-electron chi connectivity index (χ0n) is 14.6. The number of rotatable bonds is 5. The van der Waals surface area contributed by atoms with Crippen molar-refractivity contribution in [2.45, 2.75) is 13.5 Å². The molecule has 4 rings (SSSR count). The first-order valence-electron chi connectivity index (χ1n) is 8.56. The predicted molar refractivity (Wildman–Crippen MR) is 101 cm³/mol. The van der Waals surface area contributed by atoms with E-state index < -0.39 is 5.63 Å². The molecule has 2 aromatic heterocycles. The van der Waals surface area contributed by atoms with E-state index in [1.165, 1.54) is 6.07 Å². The normalized spacial score (nSPS) is 11.0. The molecule has 2 N–H and O–H groups in total. The van der Waals surface area contributed by atoms with Gasteiger partial charge in [-0.2, -0.15) is 0 Å². The molecule has 0 radical (unpaired) electrons. The zero-order valence-corrected chi connectivity index (χ0v) is 14.6. The second kappa shape index (κ2) is 6.95. The average molecular weight is 363 g/mol. The number of aromatic nitrogens is 2. The van der Waals surface area contributed by atoms with Gasteiger partial charge in [0.2, 0.25) is 0 Å². The number of carbonyl (C=O) groups is 1. The van der Waals surface area contributed by atoms with Gasteiger partial charge in [-0.3, -0.25) is 4.79 Å². The molecule has 27 heavy (non-hydrogen) atoms. The standard InChI is InChI=1S/C20H17N3O4/c1-2-26-12-7-8-13-14(10-19(24)27-17(13)9-12)20(25)21-11-18-22-15-5-3-4-6-16(15)23-18/h3-10H,2,11H2,1H3,(H,21,25)(H,22,23). The van der Waals surface area contributed by atoms with Crippen molar-refractivity contribution >= 4 is 27.9 Å². The summed E-state index contributed by atoms with van der Waals surface area (Å²) in [6.07, 6.45) is 0. The molecule has 4 aromatic rings. The Bertz CT molecular complexity index is 1160. The minimum atomic E-state index is -0.593. The maximum atomic E-state index is 12.6. The molecule has 0 saturated carbocycles. The number of hydrogen-bond acceptors (Lipinski definition) is 5.